The van der Waals surface area contributed by atoms with E-state index in [1.807, 2.05) is 18.2 Å². The molecule has 0 aliphatic carbocycles. The lowest BCUT2D eigenvalue weighted by atomic mass is 9.98. The number of carbonyl (C=O) groups excluding carboxylic acids is 2. The molecule has 0 saturated carbocycles. The average molecular weight is 594 g/mol. The van der Waals surface area contributed by atoms with Gasteiger partial charge in [-0.2, -0.15) is 0 Å². The van der Waals surface area contributed by atoms with Crippen LogP contribution in [0, 0.1) is 18.8 Å². The molecule has 0 saturated heterocycles. The number of thiazole rings is 1. The minimum Gasteiger partial charge on any atom is -0.462 e. The second-order valence-corrected chi connectivity index (χ2v) is 12.0. The van der Waals surface area contributed by atoms with Crippen molar-refractivity contribution in [3.63, 3.8) is 0 Å². The number of hydrogen-bond acceptors (Lipinski definition) is 8. The van der Waals surface area contributed by atoms with E-state index < -0.39 is 0 Å². The van der Waals surface area contributed by atoms with Gasteiger partial charge in [0.1, 0.15) is 5.69 Å². The van der Waals surface area contributed by atoms with Crippen molar-refractivity contribution in [1.82, 2.24) is 4.98 Å². The fourth-order valence-corrected chi connectivity index (χ4v) is 5.83. The van der Waals surface area contributed by atoms with Crippen molar-refractivity contribution in [1.29, 1.82) is 0 Å². The van der Waals surface area contributed by atoms with E-state index >= 15 is 0 Å². The lowest BCUT2D eigenvalue weighted by Gasteiger charge is -2.30. The van der Waals surface area contributed by atoms with Crippen molar-refractivity contribution >= 4 is 55.6 Å². The Morgan fingerprint density at radius 2 is 1.76 bits per heavy atom. The van der Waals surface area contributed by atoms with Crippen molar-refractivity contribution < 1.29 is 14.3 Å². The fraction of sp³-hybridized carbons (Fsp3) is 0.545. The summed E-state index contributed by atoms with van der Waals surface area (Å²) < 4.78 is 6.37. The lowest BCUT2D eigenvalue weighted by molar-refractivity contribution is -0.114. The molecule has 0 bridgehead atoms. The molecule has 0 fully saturated rings. The summed E-state index contributed by atoms with van der Waals surface area (Å²) in [6.45, 7) is 16.7. The standard InChI is InChI=1S/C33H47N5O3S/c1-8-13-14-25(11-4)20-38(12-5)30-19-28(34-23(7)39)29(17-22(30)6)36-37-33-35-27-16-15-26(18-31(27)42-33)32(40)41-21-24(9-2)10-3/h15-19,24-25H,8-14,20-21H2,1-7H3,(H,34,39). The number of rotatable bonds is 16. The summed E-state index contributed by atoms with van der Waals surface area (Å²) in [5, 5.41) is 12.3. The van der Waals surface area contributed by atoms with Crippen LogP contribution in [-0.2, 0) is 9.53 Å². The first kappa shape index (κ1) is 33.2. The van der Waals surface area contributed by atoms with E-state index in [0.29, 0.717) is 40.5 Å². The molecule has 1 amide bonds. The van der Waals surface area contributed by atoms with E-state index in [1.54, 1.807) is 12.1 Å². The number of esters is 1. The molecule has 0 radical (unpaired) electrons. The second-order valence-electron chi connectivity index (χ2n) is 11.0. The van der Waals surface area contributed by atoms with Gasteiger partial charge in [-0.05, 0) is 68.0 Å². The van der Waals surface area contributed by atoms with Gasteiger partial charge in [0, 0.05) is 25.7 Å². The number of unbranched alkanes of at least 4 members (excludes halogenated alkanes) is 1. The molecule has 0 aliphatic rings. The summed E-state index contributed by atoms with van der Waals surface area (Å²) >= 11 is 1.36. The maximum Gasteiger partial charge on any atom is 0.338 e. The van der Waals surface area contributed by atoms with Gasteiger partial charge in [0.15, 0.2) is 0 Å². The molecule has 0 aliphatic heterocycles. The molecule has 3 rings (SSSR count). The Labute approximate surface area is 255 Å². The van der Waals surface area contributed by atoms with Crippen LogP contribution < -0.4 is 10.2 Å². The Kier molecular flexibility index (Phi) is 12.9. The van der Waals surface area contributed by atoms with Crippen LogP contribution in [0.5, 0.6) is 0 Å². The highest BCUT2D eigenvalue weighted by Crippen LogP contribution is 2.37. The third-order valence-corrected chi connectivity index (χ3v) is 8.73. The van der Waals surface area contributed by atoms with Crippen LogP contribution in [0.2, 0.25) is 0 Å². The summed E-state index contributed by atoms with van der Waals surface area (Å²) in [4.78, 5) is 31.7. The number of nitrogens with zero attached hydrogens (tertiary/aromatic N) is 4. The molecular weight excluding hydrogens is 546 g/mol. The number of benzene rings is 2. The zero-order chi connectivity index (χ0) is 30.6. The summed E-state index contributed by atoms with van der Waals surface area (Å²) in [7, 11) is 0. The first-order chi connectivity index (χ1) is 20.2. The molecule has 9 heteroatoms. The van der Waals surface area contributed by atoms with Gasteiger partial charge in [0.05, 0.1) is 28.1 Å². The summed E-state index contributed by atoms with van der Waals surface area (Å²) in [6, 6.07) is 9.33. The predicted octanol–water partition coefficient (Wildman–Crippen LogP) is 9.61. The fourth-order valence-electron chi connectivity index (χ4n) is 5.00. The number of azo groups is 1. The van der Waals surface area contributed by atoms with Crippen molar-refractivity contribution in [3.05, 3.63) is 41.5 Å². The van der Waals surface area contributed by atoms with Gasteiger partial charge < -0.3 is 15.0 Å². The van der Waals surface area contributed by atoms with Gasteiger partial charge >= 0.3 is 5.97 Å². The number of nitrogens with one attached hydrogen (secondary N) is 1. The van der Waals surface area contributed by atoms with Gasteiger partial charge in [-0.3, -0.25) is 4.79 Å². The summed E-state index contributed by atoms with van der Waals surface area (Å²) in [5.41, 5.74) is 4.61. The molecule has 1 N–H and O–H groups in total. The van der Waals surface area contributed by atoms with E-state index in [0.717, 1.165) is 53.8 Å². The van der Waals surface area contributed by atoms with E-state index in [9.17, 15) is 9.59 Å². The molecule has 1 aromatic heterocycles. The molecule has 0 spiro atoms. The van der Waals surface area contributed by atoms with Crippen LogP contribution in [0.25, 0.3) is 10.2 Å². The second kappa shape index (κ2) is 16.3. The van der Waals surface area contributed by atoms with E-state index in [2.05, 4.69) is 67.0 Å². The Morgan fingerprint density at radius 3 is 2.40 bits per heavy atom. The van der Waals surface area contributed by atoms with Gasteiger partial charge in [-0.15, -0.1) is 10.2 Å². The number of carbonyl (C=O) groups is 2. The lowest BCUT2D eigenvalue weighted by Crippen LogP contribution is -2.30. The molecule has 1 heterocycles. The van der Waals surface area contributed by atoms with Gasteiger partial charge in [0.25, 0.3) is 0 Å². The molecule has 1 unspecified atom stereocenters. The smallest absolute Gasteiger partial charge is 0.338 e. The highest BCUT2D eigenvalue weighted by Gasteiger charge is 2.18. The largest absolute Gasteiger partial charge is 0.462 e. The number of hydrogen-bond donors (Lipinski definition) is 1. The number of ether oxygens (including phenoxy) is 1. The normalized spacial score (nSPS) is 12.3. The molecule has 8 nitrogen and oxygen atoms in total. The van der Waals surface area contributed by atoms with Gasteiger partial charge in [0.2, 0.25) is 11.0 Å². The van der Waals surface area contributed by atoms with Crippen LogP contribution >= 0.6 is 11.3 Å². The first-order valence-electron chi connectivity index (χ1n) is 15.4. The van der Waals surface area contributed by atoms with E-state index in [-0.39, 0.29) is 11.9 Å². The van der Waals surface area contributed by atoms with Crippen molar-refractivity contribution in [3.8, 4) is 0 Å². The number of fused-ring (bicyclic) bond motifs is 1. The van der Waals surface area contributed by atoms with E-state index in [4.69, 9.17) is 4.74 Å². The predicted molar refractivity (Wildman–Crippen MR) is 175 cm³/mol. The molecule has 1 atom stereocenters. The summed E-state index contributed by atoms with van der Waals surface area (Å²) in [6.07, 6.45) is 6.76. The number of anilines is 2. The molecular formula is C33H47N5O3S. The molecule has 3 aromatic rings. The van der Waals surface area contributed by atoms with Crippen LogP contribution in [0.4, 0.5) is 22.2 Å². The van der Waals surface area contributed by atoms with Crippen LogP contribution in [0.3, 0.4) is 0 Å². The topological polar surface area (TPSA) is 96.3 Å². The maximum absolute atomic E-state index is 12.6. The monoisotopic (exact) mass is 593 g/mol. The Bertz CT molecular complexity index is 1370. The molecule has 228 valence electrons. The molecule has 2 aromatic carbocycles. The van der Waals surface area contributed by atoms with Crippen LogP contribution in [0.15, 0.2) is 40.6 Å². The third-order valence-electron chi connectivity index (χ3n) is 7.83. The minimum atomic E-state index is -0.326. The number of aromatic nitrogens is 1. The highest BCUT2D eigenvalue weighted by molar-refractivity contribution is 7.21. The van der Waals surface area contributed by atoms with Crippen molar-refractivity contribution in [2.45, 2.75) is 87.0 Å². The zero-order valence-corrected chi connectivity index (χ0v) is 27.1. The Morgan fingerprint density at radius 1 is 1.02 bits per heavy atom. The van der Waals surface area contributed by atoms with Crippen molar-refractivity contribution in [2.24, 2.45) is 22.1 Å². The zero-order valence-electron chi connectivity index (χ0n) is 26.3. The quantitative estimate of drug-likeness (QED) is 0.132. The van der Waals surface area contributed by atoms with Crippen LogP contribution in [-0.4, -0.2) is 36.6 Å². The van der Waals surface area contributed by atoms with Gasteiger partial charge in [-0.1, -0.05) is 71.1 Å². The van der Waals surface area contributed by atoms with Gasteiger partial charge in [-0.25, -0.2) is 9.78 Å². The average Bonchev–Trinajstić information content (AvgIpc) is 3.40. The van der Waals surface area contributed by atoms with Crippen LogP contribution in [0.1, 0.15) is 96.0 Å². The highest BCUT2D eigenvalue weighted by atomic mass is 32.1. The summed E-state index contributed by atoms with van der Waals surface area (Å²) in [5.74, 6) is 0.506. The molecule has 42 heavy (non-hydrogen) atoms. The van der Waals surface area contributed by atoms with Crippen molar-refractivity contribution in [2.75, 3.05) is 29.9 Å². The minimum absolute atomic E-state index is 0.165. The number of aryl methyl sites for hydroxylation is 1. The van der Waals surface area contributed by atoms with E-state index in [1.165, 1.54) is 37.5 Å². The first-order valence-corrected chi connectivity index (χ1v) is 16.2. The Balaban J connectivity index is 1.85. The number of amides is 1. The third kappa shape index (κ3) is 9.08. The Hall–Kier alpha value is -3.33. The SMILES string of the molecule is CCCCC(CC)CN(CC)c1cc(NC(C)=O)c(N=Nc2nc3ccc(C(=O)OCC(CC)CC)cc3s2)cc1C. The maximum atomic E-state index is 12.6.